The quantitative estimate of drug-likeness (QED) is 0.670. The molecular formula is C22H20O4. The molecule has 1 heterocycles. The molecule has 132 valence electrons. The molecule has 1 aliphatic carbocycles. The number of benzene rings is 3. The highest BCUT2D eigenvalue weighted by Gasteiger charge is 2.22. The van der Waals surface area contributed by atoms with Gasteiger partial charge < -0.3 is 18.9 Å². The molecule has 4 heteroatoms. The molecule has 0 atom stereocenters. The maximum atomic E-state index is 5.64. The highest BCUT2D eigenvalue weighted by molar-refractivity contribution is 5.96. The fraction of sp³-hybridized carbons (Fsp3) is 0.273. The minimum Gasteiger partial charge on any atom is -0.493 e. The van der Waals surface area contributed by atoms with Gasteiger partial charge in [0.1, 0.15) is 0 Å². The van der Waals surface area contributed by atoms with E-state index in [1.54, 1.807) is 14.2 Å². The minimum atomic E-state index is 0.305. The van der Waals surface area contributed by atoms with Crippen molar-refractivity contribution in [1.82, 2.24) is 0 Å². The third-order valence-electron chi connectivity index (χ3n) is 5.36. The molecule has 0 amide bonds. The lowest BCUT2D eigenvalue weighted by atomic mass is 9.93. The van der Waals surface area contributed by atoms with Crippen LogP contribution in [0.5, 0.6) is 23.0 Å². The lowest BCUT2D eigenvalue weighted by Gasteiger charge is -2.15. The highest BCUT2D eigenvalue weighted by atomic mass is 16.7. The maximum Gasteiger partial charge on any atom is 0.231 e. The number of aryl methyl sites for hydroxylation is 2. The minimum absolute atomic E-state index is 0.305. The zero-order chi connectivity index (χ0) is 17.7. The molecular weight excluding hydrogens is 328 g/mol. The molecule has 4 nitrogen and oxygen atoms in total. The number of ether oxygens (including phenoxy) is 4. The molecule has 1 aliphatic heterocycles. The van der Waals surface area contributed by atoms with Crippen molar-refractivity contribution in [3.63, 3.8) is 0 Å². The van der Waals surface area contributed by atoms with Gasteiger partial charge in [-0.15, -0.1) is 0 Å². The summed E-state index contributed by atoms with van der Waals surface area (Å²) < 4.78 is 22.3. The SMILES string of the molecule is COc1ccc2cc3c(cc2c1OC)CCCc1cc2c(cc1-3)OCO2. The molecule has 0 unspecified atom stereocenters. The van der Waals surface area contributed by atoms with Crippen LogP contribution in [0.1, 0.15) is 17.5 Å². The maximum absolute atomic E-state index is 5.64. The third-order valence-corrected chi connectivity index (χ3v) is 5.36. The summed E-state index contributed by atoms with van der Waals surface area (Å²) in [6, 6.07) is 12.9. The van der Waals surface area contributed by atoms with E-state index in [0.717, 1.165) is 53.0 Å². The van der Waals surface area contributed by atoms with Crippen LogP contribution in [-0.2, 0) is 12.8 Å². The summed E-state index contributed by atoms with van der Waals surface area (Å²) in [5.74, 6) is 3.25. The van der Waals surface area contributed by atoms with Crippen molar-refractivity contribution >= 4 is 10.8 Å². The topological polar surface area (TPSA) is 36.9 Å². The molecule has 0 aromatic heterocycles. The van der Waals surface area contributed by atoms with Gasteiger partial charge in [-0.3, -0.25) is 0 Å². The van der Waals surface area contributed by atoms with Crippen LogP contribution in [0, 0.1) is 0 Å². The number of rotatable bonds is 2. The fourth-order valence-corrected chi connectivity index (χ4v) is 4.11. The molecule has 3 aromatic rings. The predicted octanol–water partition coefficient (Wildman–Crippen LogP) is 4.74. The summed E-state index contributed by atoms with van der Waals surface area (Å²) in [4.78, 5) is 0. The van der Waals surface area contributed by atoms with Crippen molar-refractivity contribution in [2.45, 2.75) is 19.3 Å². The Morgan fingerprint density at radius 2 is 1.54 bits per heavy atom. The van der Waals surface area contributed by atoms with Gasteiger partial charge in [-0.25, -0.2) is 0 Å². The van der Waals surface area contributed by atoms with E-state index in [-0.39, 0.29) is 0 Å². The Labute approximate surface area is 152 Å². The van der Waals surface area contributed by atoms with Crippen molar-refractivity contribution in [1.29, 1.82) is 0 Å². The van der Waals surface area contributed by atoms with Gasteiger partial charge in [-0.05, 0) is 77.2 Å². The highest BCUT2D eigenvalue weighted by Crippen LogP contribution is 2.44. The smallest absolute Gasteiger partial charge is 0.231 e. The van der Waals surface area contributed by atoms with E-state index in [1.165, 1.54) is 22.3 Å². The summed E-state index contributed by atoms with van der Waals surface area (Å²) >= 11 is 0. The van der Waals surface area contributed by atoms with E-state index in [0.29, 0.717) is 6.79 Å². The van der Waals surface area contributed by atoms with Crippen LogP contribution in [-0.4, -0.2) is 21.0 Å². The number of hydrogen-bond acceptors (Lipinski definition) is 4. The molecule has 0 N–H and O–H groups in total. The second-order valence-corrected chi connectivity index (χ2v) is 6.75. The van der Waals surface area contributed by atoms with E-state index >= 15 is 0 Å². The van der Waals surface area contributed by atoms with Gasteiger partial charge in [-0.1, -0.05) is 6.07 Å². The predicted molar refractivity (Wildman–Crippen MR) is 101 cm³/mol. The van der Waals surface area contributed by atoms with Crippen LogP contribution >= 0.6 is 0 Å². The van der Waals surface area contributed by atoms with E-state index in [2.05, 4.69) is 30.3 Å². The monoisotopic (exact) mass is 348 g/mol. The molecule has 0 bridgehead atoms. The van der Waals surface area contributed by atoms with Crippen molar-refractivity contribution in [2.24, 2.45) is 0 Å². The van der Waals surface area contributed by atoms with Gasteiger partial charge in [0.2, 0.25) is 6.79 Å². The first-order valence-electron chi connectivity index (χ1n) is 8.89. The van der Waals surface area contributed by atoms with Gasteiger partial charge in [0.25, 0.3) is 0 Å². The van der Waals surface area contributed by atoms with Crippen molar-refractivity contribution in [2.75, 3.05) is 21.0 Å². The lowest BCUT2D eigenvalue weighted by molar-refractivity contribution is 0.174. The standard InChI is InChI=1S/C22H20O4/c1-23-19-7-6-15-8-16-13(9-18(15)22(19)24-2)4-3-5-14-10-20-21(11-17(14)16)26-12-25-20/h6-11H,3-5,12H2,1-2H3. The van der Waals surface area contributed by atoms with Gasteiger partial charge in [-0.2, -0.15) is 0 Å². The summed E-state index contributed by atoms with van der Waals surface area (Å²) in [5, 5.41) is 2.24. The molecule has 0 spiro atoms. The average Bonchev–Trinajstić information content (AvgIpc) is 3.05. The summed E-state index contributed by atoms with van der Waals surface area (Å²) in [5.41, 5.74) is 5.18. The fourth-order valence-electron chi connectivity index (χ4n) is 4.11. The zero-order valence-electron chi connectivity index (χ0n) is 14.9. The van der Waals surface area contributed by atoms with Gasteiger partial charge in [0.05, 0.1) is 14.2 Å². The zero-order valence-corrected chi connectivity index (χ0v) is 14.9. The molecule has 5 rings (SSSR count). The Morgan fingerprint density at radius 1 is 0.808 bits per heavy atom. The Balaban J connectivity index is 1.77. The first-order chi connectivity index (χ1) is 12.8. The van der Waals surface area contributed by atoms with Gasteiger partial charge >= 0.3 is 0 Å². The van der Waals surface area contributed by atoms with Crippen LogP contribution in [0.3, 0.4) is 0 Å². The molecule has 0 fully saturated rings. The Bertz CT molecular complexity index is 1020. The summed E-state index contributed by atoms with van der Waals surface area (Å²) in [6.07, 6.45) is 3.18. The van der Waals surface area contributed by atoms with Crippen molar-refractivity contribution in [3.05, 3.63) is 47.5 Å². The van der Waals surface area contributed by atoms with Crippen LogP contribution in [0.2, 0.25) is 0 Å². The number of fused-ring (bicyclic) bond motifs is 5. The average molecular weight is 348 g/mol. The number of methoxy groups -OCH3 is 2. The normalized spacial score (nSPS) is 14.5. The van der Waals surface area contributed by atoms with E-state index < -0.39 is 0 Å². The van der Waals surface area contributed by atoms with Crippen LogP contribution in [0.4, 0.5) is 0 Å². The first-order valence-corrected chi connectivity index (χ1v) is 8.89. The Kier molecular flexibility index (Phi) is 3.45. The molecule has 0 saturated carbocycles. The largest absolute Gasteiger partial charge is 0.493 e. The van der Waals surface area contributed by atoms with Crippen LogP contribution in [0.25, 0.3) is 21.9 Å². The summed E-state index contributed by atoms with van der Waals surface area (Å²) in [6.45, 7) is 0.305. The number of hydrogen-bond donors (Lipinski definition) is 0. The molecule has 3 aromatic carbocycles. The van der Waals surface area contributed by atoms with Crippen LogP contribution in [0.15, 0.2) is 36.4 Å². The molecule has 0 radical (unpaired) electrons. The second kappa shape index (κ2) is 5.84. The van der Waals surface area contributed by atoms with Gasteiger partial charge in [0, 0.05) is 5.39 Å². The second-order valence-electron chi connectivity index (χ2n) is 6.75. The molecule has 0 saturated heterocycles. The molecule has 2 aliphatic rings. The summed E-state index contributed by atoms with van der Waals surface area (Å²) in [7, 11) is 3.37. The first kappa shape index (κ1) is 15.4. The van der Waals surface area contributed by atoms with Crippen LogP contribution < -0.4 is 18.9 Å². The third kappa shape index (κ3) is 2.22. The Hall–Kier alpha value is -2.88. The van der Waals surface area contributed by atoms with Crippen molar-refractivity contribution in [3.8, 4) is 34.1 Å². The Morgan fingerprint density at radius 3 is 2.31 bits per heavy atom. The van der Waals surface area contributed by atoms with E-state index in [9.17, 15) is 0 Å². The van der Waals surface area contributed by atoms with Crippen molar-refractivity contribution < 1.29 is 18.9 Å². The van der Waals surface area contributed by atoms with E-state index in [1.807, 2.05) is 6.07 Å². The lowest BCUT2D eigenvalue weighted by Crippen LogP contribution is -1.94. The van der Waals surface area contributed by atoms with Gasteiger partial charge in [0.15, 0.2) is 23.0 Å². The van der Waals surface area contributed by atoms with E-state index in [4.69, 9.17) is 18.9 Å². The molecule has 26 heavy (non-hydrogen) atoms.